The summed E-state index contributed by atoms with van der Waals surface area (Å²) >= 11 is 0. The van der Waals surface area contributed by atoms with Gasteiger partial charge in [-0.05, 0) is 5.56 Å². The number of ether oxygens (including phenoxy) is 1. The number of rotatable bonds is 2. The van der Waals surface area contributed by atoms with Crippen molar-refractivity contribution in [3.8, 4) is 0 Å². The predicted molar refractivity (Wildman–Crippen MR) is 48.0 cm³/mol. The lowest BCUT2D eigenvalue weighted by molar-refractivity contribution is -0.173. The summed E-state index contributed by atoms with van der Waals surface area (Å²) in [5.74, 6) is -0.291. The zero-order chi connectivity index (χ0) is 9.26. The summed E-state index contributed by atoms with van der Waals surface area (Å²) in [5.41, 5.74) is 6.69. The van der Waals surface area contributed by atoms with Crippen molar-refractivity contribution in [1.29, 1.82) is 0 Å². The van der Waals surface area contributed by atoms with Crippen LogP contribution in [0.3, 0.4) is 0 Å². The molecular formula is C10H11NO2. The fraction of sp³-hybridized carbons (Fsp3) is 0.300. The lowest BCUT2D eigenvalue weighted by atomic mass is 9.99. The first kappa shape index (κ1) is 8.26. The Kier molecular flexibility index (Phi) is 2.02. The van der Waals surface area contributed by atoms with Gasteiger partial charge < -0.3 is 10.5 Å². The predicted octanol–water partition coefficient (Wildman–Crippen LogP) is 0.482. The molecule has 1 fully saturated rings. The quantitative estimate of drug-likeness (QED) is 0.668. The molecule has 2 N–H and O–H groups in total. The van der Waals surface area contributed by atoms with Gasteiger partial charge in [0, 0.05) is 6.42 Å². The van der Waals surface area contributed by atoms with Crippen molar-refractivity contribution in [3.63, 3.8) is 0 Å². The second-order valence-electron chi connectivity index (χ2n) is 3.19. The Labute approximate surface area is 76.5 Å². The third kappa shape index (κ3) is 1.55. The summed E-state index contributed by atoms with van der Waals surface area (Å²) in [6.07, 6.45) is 0.586. The molecule has 3 heteroatoms. The van der Waals surface area contributed by atoms with E-state index in [4.69, 9.17) is 10.5 Å². The number of hydrogen-bond acceptors (Lipinski definition) is 3. The third-order valence-corrected chi connectivity index (χ3v) is 2.22. The highest BCUT2D eigenvalue weighted by Crippen LogP contribution is 2.17. The summed E-state index contributed by atoms with van der Waals surface area (Å²) in [5, 5.41) is 0. The van der Waals surface area contributed by atoms with Gasteiger partial charge in [0.1, 0.15) is 12.1 Å². The Morgan fingerprint density at radius 2 is 2.00 bits per heavy atom. The van der Waals surface area contributed by atoms with Gasteiger partial charge in [-0.3, -0.25) is 4.79 Å². The number of benzene rings is 1. The zero-order valence-electron chi connectivity index (χ0n) is 7.14. The molecule has 2 rings (SSSR count). The van der Waals surface area contributed by atoms with Gasteiger partial charge in [0.05, 0.1) is 0 Å². The molecule has 68 valence electrons. The average Bonchev–Trinajstić information content (AvgIpc) is 2.19. The van der Waals surface area contributed by atoms with E-state index in [0.717, 1.165) is 5.56 Å². The van der Waals surface area contributed by atoms with Crippen molar-refractivity contribution < 1.29 is 9.53 Å². The highest BCUT2D eigenvalue weighted by atomic mass is 16.6. The molecule has 0 bridgehead atoms. The first-order valence-corrected chi connectivity index (χ1v) is 4.27. The fourth-order valence-electron chi connectivity index (χ4n) is 1.40. The van der Waals surface area contributed by atoms with Crippen LogP contribution in [-0.4, -0.2) is 18.1 Å². The Morgan fingerprint density at radius 3 is 2.54 bits per heavy atom. The standard InChI is InChI=1S/C10H11NO2/c11-9-8(13-10(9)12)6-7-4-2-1-3-5-7/h1-5,8-9H,6,11H2/t8-,9+/m1/s1. The molecule has 3 nitrogen and oxygen atoms in total. The van der Waals surface area contributed by atoms with Crippen LogP contribution in [0.5, 0.6) is 0 Å². The molecule has 1 saturated heterocycles. The SMILES string of the molecule is N[C@@H]1C(=O)O[C@@H]1Cc1ccccc1. The minimum atomic E-state index is -0.430. The largest absolute Gasteiger partial charge is 0.458 e. The van der Waals surface area contributed by atoms with Crippen LogP contribution in [0.1, 0.15) is 5.56 Å². The Hall–Kier alpha value is -1.35. The third-order valence-electron chi connectivity index (χ3n) is 2.22. The van der Waals surface area contributed by atoms with Gasteiger partial charge in [0.25, 0.3) is 0 Å². The second-order valence-corrected chi connectivity index (χ2v) is 3.19. The maximum Gasteiger partial charge on any atom is 0.327 e. The molecule has 0 saturated carbocycles. The van der Waals surface area contributed by atoms with Crippen LogP contribution in [0, 0.1) is 0 Å². The van der Waals surface area contributed by atoms with Crippen LogP contribution < -0.4 is 5.73 Å². The highest BCUT2D eigenvalue weighted by molar-refractivity contribution is 5.81. The van der Waals surface area contributed by atoms with E-state index in [2.05, 4.69) is 0 Å². The molecule has 1 aromatic rings. The van der Waals surface area contributed by atoms with E-state index in [9.17, 15) is 4.79 Å². The van der Waals surface area contributed by atoms with E-state index in [0.29, 0.717) is 6.42 Å². The maximum absolute atomic E-state index is 10.7. The normalized spacial score (nSPS) is 26.4. The smallest absolute Gasteiger partial charge is 0.327 e. The van der Waals surface area contributed by atoms with Crippen molar-refractivity contribution in [2.45, 2.75) is 18.6 Å². The Balaban J connectivity index is 1.97. The molecular weight excluding hydrogens is 166 g/mol. The number of cyclic esters (lactones) is 1. The first-order valence-electron chi connectivity index (χ1n) is 4.27. The average molecular weight is 177 g/mol. The molecule has 0 aliphatic carbocycles. The summed E-state index contributed by atoms with van der Waals surface area (Å²) in [6, 6.07) is 9.44. The first-order chi connectivity index (χ1) is 6.27. The van der Waals surface area contributed by atoms with Crippen molar-refractivity contribution in [3.05, 3.63) is 35.9 Å². The summed E-state index contributed by atoms with van der Waals surface area (Å²) < 4.78 is 4.89. The Bertz CT molecular complexity index is 310. The van der Waals surface area contributed by atoms with Crippen LogP contribution in [0.15, 0.2) is 30.3 Å². The molecule has 0 amide bonds. The van der Waals surface area contributed by atoms with Crippen LogP contribution in [0.2, 0.25) is 0 Å². The summed E-state index contributed by atoms with van der Waals surface area (Å²) in [4.78, 5) is 10.7. The van der Waals surface area contributed by atoms with E-state index in [1.54, 1.807) is 0 Å². The summed E-state index contributed by atoms with van der Waals surface area (Å²) in [6.45, 7) is 0. The number of carbonyl (C=O) groups excluding carboxylic acids is 1. The van der Waals surface area contributed by atoms with Crippen molar-refractivity contribution in [2.24, 2.45) is 5.73 Å². The van der Waals surface area contributed by atoms with Crippen LogP contribution in [0.4, 0.5) is 0 Å². The van der Waals surface area contributed by atoms with E-state index < -0.39 is 6.04 Å². The van der Waals surface area contributed by atoms with E-state index in [1.807, 2.05) is 30.3 Å². The molecule has 1 aliphatic heterocycles. The van der Waals surface area contributed by atoms with Gasteiger partial charge in [-0.25, -0.2) is 0 Å². The van der Waals surface area contributed by atoms with Crippen LogP contribution in [-0.2, 0) is 16.0 Å². The molecule has 1 heterocycles. The van der Waals surface area contributed by atoms with Gasteiger partial charge in [-0.2, -0.15) is 0 Å². The number of esters is 1. The molecule has 0 spiro atoms. The molecule has 2 atom stereocenters. The van der Waals surface area contributed by atoms with Gasteiger partial charge in [0.15, 0.2) is 0 Å². The van der Waals surface area contributed by atoms with Gasteiger partial charge >= 0.3 is 5.97 Å². The van der Waals surface area contributed by atoms with Gasteiger partial charge in [0.2, 0.25) is 0 Å². The monoisotopic (exact) mass is 177 g/mol. The molecule has 0 radical (unpaired) electrons. The lowest BCUT2D eigenvalue weighted by Crippen LogP contribution is -2.56. The lowest BCUT2D eigenvalue weighted by Gasteiger charge is -2.32. The van der Waals surface area contributed by atoms with Gasteiger partial charge in [-0.1, -0.05) is 30.3 Å². The Morgan fingerprint density at radius 1 is 1.31 bits per heavy atom. The molecule has 0 aromatic heterocycles. The molecule has 0 unspecified atom stereocenters. The van der Waals surface area contributed by atoms with E-state index in [-0.39, 0.29) is 12.1 Å². The van der Waals surface area contributed by atoms with Crippen molar-refractivity contribution in [1.82, 2.24) is 0 Å². The van der Waals surface area contributed by atoms with Crippen molar-refractivity contribution >= 4 is 5.97 Å². The highest BCUT2D eigenvalue weighted by Gasteiger charge is 2.38. The van der Waals surface area contributed by atoms with Crippen molar-refractivity contribution in [2.75, 3.05) is 0 Å². The molecule has 1 aromatic carbocycles. The molecule has 1 aliphatic rings. The van der Waals surface area contributed by atoms with Crippen LogP contribution >= 0.6 is 0 Å². The second kappa shape index (κ2) is 3.18. The number of hydrogen-bond donors (Lipinski definition) is 1. The number of nitrogens with two attached hydrogens (primary N) is 1. The molecule has 13 heavy (non-hydrogen) atoms. The van der Waals surface area contributed by atoms with E-state index >= 15 is 0 Å². The minimum Gasteiger partial charge on any atom is -0.458 e. The summed E-state index contributed by atoms with van der Waals surface area (Å²) in [7, 11) is 0. The van der Waals surface area contributed by atoms with Gasteiger partial charge in [-0.15, -0.1) is 0 Å². The fourth-order valence-corrected chi connectivity index (χ4v) is 1.40. The topological polar surface area (TPSA) is 52.3 Å². The minimum absolute atomic E-state index is 0.130. The number of carbonyl (C=O) groups is 1. The van der Waals surface area contributed by atoms with E-state index in [1.165, 1.54) is 0 Å². The maximum atomic E-state index is 10.7. The van der Waals surface area contributed by atoms with Crippen LogP contribution in [0.25, 0.3) is 0 Å². The zero-order valence-corrected chi connectivity index (χ0v) is 7.14.